The molecule has 4 rings (SSSR count). The van der Waals surface area contributed by atoms with Gasteiger partial charge in [-0.25, -0.2) is 9.79 Å². The average Bonchev–Trinajstić information content (AvgIpc) is 3.01. The van der Waals surface area contributed by atoms with E-state index in [-0.39, 0.29) is 11.4 Å². The molecule has 7 nitrogen and oxygen atoms in total. The maximum absolute atomic E-state index is 12.5. The van der Waals surface area contributed by atoms with Gasteiger partial charge in [-0.2, -0.15) is 0 Å². The van der Waals surface area contributed by atoms with E-state index in [2.05, 4.69) is 4.99 Å². The molecule has 0 saturated carbocycles. The number of aromatic hydroxyl groups is 1. The molecule has 0 saturated heterocycles. The molecule has 0 atom stereocenters. The van der Waals surface area contributed by atoms with Crippen LogP contribution in [-0.2, 0) is 4.79 Å². The zero-order valence-corrected chi connectivity index (χ0v) is 17.2. The SMILES string of the molecule is COc1ccc2c(c1)=NC(=O)/C(=C/c1sc(=S)n(-c3cccc(C(=O)O)c3)c1O)C=2. The Morgan fingerprint density at radius 1 is 1.27 bits per heavy atom. The van der Waals surface area contributed by atoms with Crippen LogP contribution in [-0.4, -0.2) is 33.8 Å². The molecule has 1 aromatic heterocycles. The van der Waals surface area contributed by atoms with Crippen LogP contribution in [0.15, 0.2) is 53.0 Å². The fourth-order valence-electron chi connectivity index (χ4n) is 3.00. The Kier molecular flexibility index (Phi) is 5.06. The highest BCUT2D eigenvalue weighted by Crippen LogP contribution is 2.32. The molecule has 2 heterocycles. The lowest BCUT2D eigenvalue weighted by Crippen LogP contribution is -2.30. The predicted octanol–water partition coefficient (Wildman–Crippen LogP) is 2.70. The summed E-state index contributed by atoms with van der Waals surface area (Å²) in [5.41, 5.74) is 0.784. The standard InChI is InChI=1S/C21H14N2O5S2/c1-28-15-6-5-11-7-13(18(24)22-16(11)10-15)9-17-19(25)23(21(29)30-17)14-4-2-3-12(8-14)20(26)27/h2-10,25H,1H3,(H,26,27)/b13-9+. The molecule has 2 N–H and O–H groups in total. The number of fused-ring (bicyclic) bond motifs is 1. The first-order valence-corrected chi connectivity index (χ1v) is 9.89. The fourth-order valence-corrected chi connectivity index (χ4v) is 4.30. The Balaban J connectivity index is 1.80. The normalized spacial score (nSPS) is 14.0. The number of carbonyl (C=O) groups is 2. The minimum absolute atomic E-state index is 0.0709. The summed E-state index contributed by atoms with van der Waals surface area (Å²) in [6.07, 6.45) is 3.20. The topological polar surface area (TPSA) is 101 Å². The van der Waals surface area contributed by atoms with Crippen molar-refractivity contribution in [3.05, 3.63) is 73.0 Å². The van der Waals surface area contributed by atoms with Crippen molar-refractivity contribution in [2.24, 2.45) is 4.99 Å². The Hall–Kier alpha value is -3.56. The van der Waals surface area contributed by atoms with Gasteiger partial charge in [0.1, 0.15) is 5.75 Å². The maximum atomic E-state index is 12.5. The fraction of sp³-hybridized carbons (Fsp3) is 0.0476. The van der Waals surface area contributed by atoms with Crippen molar-refractivity contribution in [1.82, 2.24) is 4.57 Å². The van der Waals surface area contributed by atoms with Gasteiger partial charge in [0.05, 0.1) is 28.6 Å². The molecule has 9 heteroatoms. The van der Waals surface area contributed by atoms with Crippen LogP contribution in [0.3, 0.4) is 0 Å². The third-order valence-electron chi connectivity index (χ3n) is 4.47. The van der Waals surface area contributed by atoms with E-state index in [9.17, 15) is 19.8 Å². The second-order valence-corrected chi connectivity index (χ2v) is 8.01. The lowest BCUT2D eigenvalue weighted by atomic mass is 10.1. The van der Waals surface area contributed by atoms with E-state index in [1.807, 2.05) is 0 Å². The molecule has 0 fully saturated rings. The van der Waals surface area contributed by atoms with Crippen molar-refractivity contribution >= 4 is 47.6 Å². The number of hydrogen-bond donors (Lipinski definition) is 2. The number of nitrogens with zero attached hydrogens (tertiary/aromatic N) is 2. The van der Waals surface area contributed by atoms with Crippen LogP contribution in [0, 0.1) is 3.95 Å². The number of thiazole rings is 1. The van der Waals surface area contributed by atoms with E-state index in [0.29, 0.717) is 31.2 Å². The highest BCUT2D eigenvalue weighted by atomic mass is 32.1. The predicted molar refractivity (Wildman–Crippen MR) is 114 cm³/mol. The monoisotopic (exact) mass is 438 g/mol. The first-order valence-electron chi connectivity index (χ1n) is 8.66. The molecule has 1 aliphatic heterocycles. The number of aromatic nitrogens is 1. The minimum atomic E-state index is -1.08. The van der Waals surface area contributed by atoms with Crippen LogP contribution in [0.1, 0.15) is 15.2 Å². The van der Waals surface area contributed by atoms with Gasteiger partial charge in [-0.1, -0.05) is 6.07 Å². The summed E-state index contributed by atoms with van der Waals surface area (Å²) in [4.78, 5) is 28.2. The number of carboxylic acids is 1. The number of benzene rings is 2. The van der Waals surface area contributed by atoms with Gasteiger partial charge in [0.2, 0.25) is 5.88 Å². The van der Waals surface area contributed by atoms with Crippen molar-refractivity contribution in [3.8, 4) is 17.3 Å². The van der Waals surface area contributed by atoms with Crippen LogP contribution >= 0.6 is 23.6 Å². The molecular formula is C21H14N2O5S2. The molecule has 0 bridgehead atoms. The summed E-state index contributed by atoms with van der Waals surface area (Å²) in [7, 11) is 1.54. The number of carboxylic acid groups (broad SMARTS) is 1. The molecule has 0 radical (unpaired) electrons. The van der Waals surface area contributed by atoms with Gasteiger partial charge < -0.3 is 14.9 Å². The second kappa shape index (κ2) is 7.69. The van der Waals surface area contributed by atoms with Crippen LogP contribution in [0.25, 0.3) is 17.8 Å². The Morgan fingerprint density at radius 3 is 2.80 bits per heavy atom. The van der Waals surface area contributed by atoms with E-state index in [4.69, 9.17) is 17.0 Å². The van der Waals surface area contributed by atoms with Crippen LogP contribution in [0.4, 0.5) is 0 Å². The molecule has 3 aromatic rings. The summed E-state index contributed by atoms with van der Waals surface area (Å²) < 4.78 is 6.83. The number of aromatic carboxylic acids is 1. The van der Waals surface area contributed by atoms with E-state index < -0.39 is 11.9 Å². The lowest BCUT2D eigenvalue weighted by molar-refractivity contribution is -0.114. The van der Waals surface area contributed by atoms with Gasteiger partial charge in [-0.3, -0.25) is 9.36 Å². The first-order chi connectivity index (χ1) is 14.4. The number of rotatable bonds is 4. The quantitative estimate of drug-likeness (QED) is 0.480. The Morgan fingerprint density at radius 2 is 2.07 bits per heavy atom. The first kappa shape index (κ1) is 19.7. The maximum Gasteiger partial charge on any atom is 0.335 e. The summed E-state index contributed by atoms with van der Waals surface area (Å²) in [6, 6.07) is 11.3. The summed E-state index contributed by atoms with van der Waals surface area (Å²) in [5, 5.41) is 21.2. The minimum Gasteiger partial charge on any atom is -0.497 e. The summed E-state index contributed by atoms with van der Waals surface area (Å²) in [6.45, 7) is 0. The highest BCUT2D eigenvalue weighted by Gasteiger charge is 2.17. The number of ether oxygens (including phenoxy) is 1. The molecule has 30 heavy (non-hydrogen) atoms. The molecular weight excluding hydrogens is 424 g/mol. The Bertz CT molecular complexity index is 1420. The number of hydrogen-bond acceptors (Lipinski definition) is 6. The smallest absolute Gasteiger partial charge is 0.335 e. The number of carbonyl (C=O) groups excluding carboxylic acids is 1. The lowest BCUT2D eigenvalue weighted by Gasteiger charge is -2.06. The van der Waals surface area contributed by atoms with Gasteiger partial charge >= 0.3 is 5.97 Å². The van der Waals surface area contributed by atoms with Gasteiger partial charge in [-0.15, -0.1) is 11.3 Å². The van der Waals surface area contributed by atoms with Crippen LogP contribution in [0.2, 0.25) is 0 Å². The molecule has 1 aliphatic rings. The van der Waals surface area contributed by atoms with Gasteiger partial charge in [0.25, 0.3) is 5.91 Å². The van der Waals surface area contributed by atoms with Crippen LogP contribution < -0.4 is 15.3 Å². The Labute approximate surface area is 179 Å². The van der Waals surface area contributed by atoms with Crippen LogP contribution in [0.5, 0.6) is 11.6 Å². The molecule has 1 amide bonds. The second-order valence-electron chi connectivity index (χ2n) is 6.33. The van der Waals surface area contributed by atoms with E-state index in [1.54, 1.807) is 36.4 Å². The molecule has 150 valence electrons. The van der Waals surface area contributed by atoms with Crippen molar-refractivity contribution in [3.63, 3.8) is 0 Å². The highest BCUT2D eigenvalue weighted by molar-refractivity contribution is 7.73. The average molecular weight is 438 g/mol. The zero-order valence-electron chi connectivity index (χ0n) is 15.5. The van der Waals surface area contributed by atoms with Crippen molar-refractivity contribution in [2.75, 3.05) is 7.11 Å². The molecule has 0 unspecified atom stereocenters. The number of amides is 1. The largest absolute Gasteiger partial charge is 0.497 e. The van der Waals surface area contributed by atoms with Gasteiger partial charge in [-0.05, 0) is 54.7 Å². The zero-order chi connectivity index (χ0) is 21.4. The van der Waals surface area contributed by atoms with Gasteiger partial charge in [0.15, 0.2) is 3.95 Å². The molecule has 0 spiro atoms. The molecule has 0 aliphatic carbocycles. The third-order valence-corrected chi connectivity index (χ3v) is 5.78. The third kappa shape index (κ3) is 3.56. The number of methoxy groups -OCH3 is 1. The van der Waals surface area contributed by atoms with E-state index >= 15 is 0 Å². The van der Waals surface area contributed by atoms with E-state index in [1.165, 1.54) is 29.9 Å². The van der Waals surface area contributed by atoms with Gasteiger partial charge in [0, 0.05) is 16.9 Å². The summed E-state index contributed by atoms with van der Waals surface area (Å²) >= 11 is 6.45. The van der Waals surface area contributed by atoms with Crippen molar-refractivity contribution in [2.45, 2.75) is 0 Å². The van der Waals surface area contributed by atoms with Crippen molar-refractivity contribution < 1.29 is 24.5 Å². The van der Waals surface area contributed by atoms with E-state index in [0.717, 1.165) is 16.6 Å². The summed E-state index contributed by atoms with van der Waals surface area (Å²) in [5.74, 6) is -1.11. The van der Waals surface area contributed by atoms with Crippen molar-refractivity contribution in [1.29, 1.82) is 0 Å². The molecule has 2 aromatic carbocycles.